The van der Waals surface area contributed by atoms with E-state index >= 15 is 0 Å². The Morgan fingerprint density at radius 2 is 2.50 bits per heavy atom. The lowest BCUT2D eigenvalue weighted by atomic mass is 10.4. The number of hydrogen-bond donors (Lipinski definition) is 2. The Balaban J connectivity index is 2.82. The van der Waals surface area contributed by atoms with Gasteiger partial charge in [-0.15, -0.1) is 0 Å². The summed E-state index contributed by atoms with van der Waals surface area (Å²) in [6, 6.07) is 0. The minimum atomic E-state index is -0.120. The van der Waals surface area contributed by atoms with Gasteiger partial charge in [0.25, 0.3) is 5.91 Å². The maximum Gasteiger partial charge on any atom is 0.270 e. The number of carbonyl (C=O) groups is 1. The standard InChI is InChI=1S/C8H12BrN3OS/c1-2-12-7(6(9)5-11-12)8(13)10-3-4-14/h5,14H,2-4H2,1H3,(H,10,13). The first kappa shape index (κ1) is 11.6. The molecule has 0 radical (unpaired) electrons. The van der Waals surface area contributed by atoms with Crippen LogP contribution in [0.2, 0.25) is 0 Å². The van der Waals surface area contributed by atoms with Crippen LogP contribution in [0.25, 0.3) is 0 Å². The number of carbonyl (C=O) groups excluding carboxylic acids is 1. The van der Waals surface area contributed by atoms with E-state index in [1.165, 1.54) is 0 Å². The molecule has 14 heavy (non-hydrogen) atoms. The summed E-state index contributed by atoms with van der Waals surface area (Å²) in [6.45, 7) is 3.17. The van der Waals surface area contributed by atoms with Gasteiger partial charge in [0, 0.05) is 18.8 Å². The minimum Gasteiger partial charge on any atom is -0.350 e. The molecule has 0 unspecified atom stereocenters. The average molecular weight is 278 g/mol. The van der Waals surface area contributed by atoms with Crippen LogP contribution < -0.4 is 5.32 Å². The van der Waals surface area contributed by atoms with Gasteiger partial charge in [-0.05, 0) is 22.9 Å². The maximum atomic E-state index is 11.6. The normalized spacial score (nSPS) is 10.2. The Morgan fingerprint density at radius 3 is 3.07 bits per heavy atom. The highest BCUT2D eigenvalue weighted by Gasteiger charge is 2.15. The predicted octanol–water partition coefficient (Wildman–Crippen LogP) is 1.33. The number of thiol groups is 1. The van der Waals surface area contributed by atoms with E-state index in [1.807, 2.05) is 6.92 Å². The summed E-state index contributed by atoms with van der Waals surface area (Å²) < 4.78 is 2.37. The van der Waals surface area contributed by atoms with Crippen LogP contribution in [0.3, 0.4) is 0 Å². The summed E-state index contributed by atoms with van der Waals surface area (Å²) >= 11 is 7.31. The van der Waals surface area contributed by atoms with Crippen molar-refractivity contribution in [1.82, 2.24) is 15.1 Å². The van der Waals surface area contributed by atoms with E-state index in [2.05, 4.69) is 39.0 Å². The van der Waals surface area contributed by atoms with Crippen molar-refractivity contribution in [3.8, 4) is 0 Å². The Labute approximate surface area is 96.6 Å². The molecule has 1 N–H and O–H groups in total. The first-order valence-electron chi connectivity index (χ1n) is 4.31. The first-order valence-corrected chi connectivity index (χ1v) is 5.73. The third-order valence-corrected chi connectivity index (χ3v) is 2.51. The molecule has 0 saturated heterocycles. The van der Waals surface area contributed by atoms with Gasteiger partial charge in [-0.25, -0.2) is 0 Å². The van der Waals surface area contributed by atoms with Crippen LogP contribution in [0.4, 0.5) is 0 Å². The van der Waals surface area contributed by atoms with E-state index in [9.17, 15) is 4.79 Å². The topological polar surface area (TPSA) is 46.9 Å². The number of hydrogen-bond acceptors (Lipinski definition) is 3. The molecule has 6 heteroatoms. The highest BCUT2D eigenvalue weighted by Crippen LogP contribution is 2.15. The molecule has 78 valence electrons. The van der Waals surface area contributed by atoms with Gasteiger partial charge in [-0.2, -0.15) is 17.7 Å². The molecule has 0 aromatic carbocycles. The molecular weight excluding hydrogens is 266 g/mol. The summed E-state index contributed by atoms with van der Waals surface area (Å²) in [5.74, 6) is 0.508. The summed E-state index contributed by atoms with van der Waals surface area (Å²) in [6.07, 6.45) is 1.62. The van der Waals surface area contributed by atoms with Gasteiger partial charge < -0.3 is 5.32 Å². The smallest absolute Gasteiger partial charge is 0.270 e. The van der Waals surface area contributed by atoms with Gasteiger partial charge in [0.2, 0.25) is 0 Å². The summed E-state index contributed by atoms with van der Waals surface area (Å²) in [7, 11) is 0. The van der Waals surface area contributed by atoms with Crippen molar-refractivity contribution in [3.63, 3.8) is 0 Å². The van der Waals surface area contributed by atoms with Crippen molar-refractivity contribution < 1.29 is 4.79 Å². The lowest BCUT2D eigenvalue weighted by Gasteiger charge is -2.05. The zero-order valence-electron chi connectivity index (χ0n) is 7.83. The molecule has 0 fully saturated rings. The van der Waals surface area contributed by atoms with Crippen molar-refractivity contribution in [1.29, 1.82) is 0 Å². The zero-order chi connectivity index (χ0) is 10.6. The van der Waals surface area contributed by atoms with E-state index in [4.69, 9.17) is 0 Å². The average Bonchev–Trinajstić information content (AvgIpc) is 2.56. The summed E-state index contributed by atoms with van der Waals surface area (Å²) in [4.78, 5) is 11.6. The summed E-state index contributed by atoms with van der Waals surface area (Å²) in [5.41, 5.74) is 0.564. The molecule has 1 amide bonds. The fourth-order valence-corrected chi connectivity index (χ4v) is 1.67. The van der Waals surface area contributed by atoms with Crippen LogP contribution in [0.15, 0.2) is 10.7 Å². The van der Waals surface area contributed by atoms with Crippen molar-refractivity contribution in [3.05, 3.63) is 16.4 Å². The van der Waals surface area contributed by atoms with E-state index in [0.29, 0.717) is 24.5 Å². The highest BCUT2D eigenvalue weighted by atomic mass is 79.9. The number of halogens is 1. The minimum absolute atomic E-state index is 0.120. The third kappa shape index (κ3) is 2.51. The largest absolute Gasteiger partial charge is 0.350 e. The van der Waals surface area contributed by atoms with E-state index < -0.39 is 0 Å². The molecule has 1 rings (SSSR count). The Morgan fingerprint density at radius 1 is 1.79 bits per heavy atom. The molecule has 0 atom stereocenters. The van der Waals surface area contributed by atoms with Gasteiger partial charge in [-0.1, -0.05) is 0 Å². The number of rotatable bonds is 4. The number of aryl methyl sites for hydroxylation is 1. The zero-order valence-corrected chi connectivity index (χ0v) is 10.3. The van der Waals surface area contributed by atoms with E-state index in [0.717, 1.165) is 4.47 Å². The molecule has 0 spiro atoms. The lowest BCUT2D eigenvalue weighted by Crippen LogP contribution is -2.28. The van der Waals surface area contributed by atoms with Gasteiger partial charge in [0.15, 0.2) is 0 Å². The molecule has 1 aromatic rings. The second-order valence-corrected chi connectivity index (χ2v) is 3.94. The number of nitrogens with one attached hydrogen (secondary N) is 1. The first-order chi connectivity index (χ1) is 6.70. The maximum absolute atomic E-state index is 11.6. The number of aromatic nitrogens is 2. The molecule has 0 bridgehead atoms. The molecule has 1 heterocycles. The predicted molar refractivity (Wildman–Crippen MR) is 61.8 cm³/mol. The van der Waals surface area contributed by atoms with Crippen molar-refractivity contribution >= 4 is 34.5 Å². The van der Waals surface area contributed by atoms with Crippen LogP contribution in [0, 0.1) is 0 Å². The Bertz CT molecular complexity index is 326. The molecular formula is C8H12BrN3OS. The molecule has 0 aliphatic heterocycles. The fourth-order valence-electron chi connectivity index (χ4n) is 1.08. The fraction of sp³-hybridized carbons (Fsp3) is 0.500. The van der Waals surface area contributed by atoms with Gasteiger partial charge in [-0.3, -0.25) is 9.48 Å². The molecule has 0 aliphatic rings. The monoisotopic (exact) mass is 277 g/mol. The van der Waals surface area contributed by atoms with E-state index in [-0.39, 0.29) is 5.91 Å². The van der Waals surface area contributed by atoms with Crippen molar-refractivity contribution in [2.75, 3.05) is 12.3 Å². The quantitative estimate of drug-likeness (QED) is 0.816. The molecule has 1 aromatic heterocycles. The van der Waals surface area contributed by atoms with Crippen LogP contribution in [-0.4, -0.2) is 28.0 Å². The number of nitrogens with zero attached hydrogens (tertiary/aromatic N) is 2. The van der Waals surface area contributed by atoms with Gasteiger partial charge >= 0.3 is 0 Å². The van der Waals surface area contributed by atoms with Crippen LogP contribution in [0.5, 0.6) is 0 Å². The third-order valence-electron chi connectivity index (χ3n) is 1.71. The van der Waals surface area contributed by atoms with Crippen molar-refractivity contribution in [2.45, 2.75) is 13.5 Å². The van der Waals surface area contributed by atoms with Crippen molar-refractivity contribution in [2.24, 2.45) is 0 Å². The Hall–Kier alpha value is -0.490. The van der Waals surface area contributed by atoms with E-state index in [1.54, 1.807) is 10.9 Å². The molecule has 0 aliphatic carbocycles. The molecule has 0 saturated carbocycles. The number of amides is 1. The lowest BCUT2D eigenvalue weighted by molar-refractivity contribution is 0.0944. The summed E-state index contributed by atoms with van der Waals surface area (Å²) in [5, 5.41) is 6.80. The van der Waals surface area contributed by atoms with Gasteiger partial charge in [0.1, 0.15) is 5.69 Å². The van der Waals surface area contributed by atoms with Gasteiger partial charge in [0.05, 0.1) is 10.7 Å². The van der Waals surface area contributed by atoms with Crippen LogP contribution in [0.1, 0.15) is 17.4 Å². The van der Waals surface area contributed by atoms with Crippen LogP contribution in [-0.2, 0) is 6.54 Å². The Kier molecular flexibility index (Phi) is 4.47. The van der Waals surface area contributed by atoms with Crippen LogP contribution >= 0.6 is 28.6 Å². The molecule has 4 nitrogen and oxygen atoms in total. The SMILES string of the molecule is CCn1ncc(Br)c1C(=O)NCCS. The highest BCUT2D eigenvalue weighted by molar-refractivity contribution is 9.10. The second kappa shape index (κ2) is 5.41. The second-order valence-electron chi connectivity index (χ2n) is 2.64.